The monoisotopic (exact) mass is 288 g/mol. The first-order chi connectivity index (χ1) is 9.76. The van der Waals surface area contributed by atoms with Gasteiger partial charge in [0.15, 0.2) is 0 Å². The van der Waals surface area contributed by atoms with Crippen molar-refractivity contribution in [3.8, 4) is 0 Å². The van der Waals surface area contributed by atoms with Crippen LogP contribution in [0.1, 0.15) is 24.1 Å². The van der Waals surface area contributed by atoms with E-state index < -0.39 is 0 Å². The van der Waals surface area contributed by atoms with Gasteiger partial charge in [-0.2, -0.15) is 0 Å². The smallest absolute Gasteiger partial charge is 0.0708 e. The number of rotatable bonds is 3. The van der Waals surface area contributed by atoms with Crippen molar-refractivity contribution in [1.82, 2.24) is 9.88 Å². The lowest BCUT2D eigenvalue weighted by Gasteiger charge is -2.31. The fourth-order valence-electron chi connectivity index (χ4n) is 3.07. The van der Waals surface area contributed by atoms with E-state index in [2.05, 4.69) is 47.1 Å². The number of pyridine rings is 1. The Morgan fingerprint density at radius 2 is 2.00 bits per heavy atom. The van der Waals surface area contributed by atoms with E-state index in [9.17, 15) is 0 Å². The Morgan fingerprint density at radius 1 is 1.25 bits per heavy atom. The third kappa shape index (κ3) is 2.97. The molecule has 1 aromatic carbocycles. The number of fused-ring (bicyclic) bond motifs is 1. The van der Waals surface area contributed by atoms with Crippen molar-refractivity contribution in [3.05, 3.63) is 41.6 Å². The zero-order valence-electron chi connectivity index (χ0n) is 12.0. The van der Waals surface area contributed by atoms with Crippen LogP contribution in [0.2, 0.25) is 0 Å². The van der Waals surface area contributed by atoms with Gasteiger partial charge in [0.25, 0.3) is 0 Å². The van der Waals surface area contributed by atoms with Crippen LogP contribution < -0.4 is 0 Å². The Bertz CT molecular complexity index is 589. The van der Waals surface area contributed by atoms with Crippen LogP contribution in [0.15, 0.2) is 30.3 Å². The number of para-hydroxylation sites is 1. The highest BCUT2D eigenvalue weighted by molar-refractivity contribution is 6.18. The predicted molar refractivity (Wildman–Crippen MR) is 85.2 cm³/mol. The van der Waals surface area contributed by atoms with Crippen LogP contribution in [0.25, 0.3) is 10.9 Å². The highest BCUT2D eigenvalue weighted by Gasteiger charge is 2.19. The summed E-state index contributed by atoms with van der Waals surface area (Å²) in [6.45, 7) is 5.43. The molecule has 0 unspecified atom stereocenters. The van der Waals surface area contributed by atoms with Crippen molar-refractivity contribution >= 4 is 22.5 Å². The van der Waals surface area contributed by atoms with Crippen molar-refractivity contribution in [2.75, 3.05) is 19.0 Å². The van der Waals surface area contributed by atoms with Crippen molar-refractivity contribution in [2.45, 2.75) is 26.3 Å². The maximum absolute atomic E-state index is 5.96. The topological polar surface area (TPSA) is 16.1 Å². The average molecular weight is 289 g/mol. The fraction of sp³-hybridized carbons (Fsp3) is 0.471. The minimum Gasteiger partial charge on any atom is -0.299 e. The second-order valence-electron chi connectivity index (χ2n) is 5.81. The summed E-state index contributed by atoms with van der Waals surface area (Å²) >= 11 is 5.96. The normalized spacial score (nSPS) is 17.7. The van der Waals surface area contributed by atoms with Crippen LogP contribution >= 0.6 is 11.6 Å². The highest BCUT2D eigenvalue weighted by atomic mass is 35.5. The first-order valence-corrected chi connectivity index (χ1v) is 7.93. The largest absolute Gasteiger partial charge is 0.299 e. The standard InChI is InChI=1S/C17H21ClN2/c1-13-10-15(16-4-2-3-5-17(16)19-13)12-20-8-6-14(11-18)7-9-20/h2-5,10,14H,6-9,11-12H2,1H3. The van der Waals surface area contributed by atoms with Gasteiger partial charge in [0.1, 0.15) is 0 Å². The highest BCUT2D eigenvalue weighted by Crippen LogP contribution is 2.23. The van der Waals surface area contributed by atoms with Crippen LogP contribution in [0.3, 0.4) is 0 Å². The molecule has 0 atom stereocenters. The minimum absolute atomic E-state index is 0.712. The molecule has 0 bridgehead atoms. The van der Waals surface area contributed by atoms with Gasteiger partial charge in [0, 0.05) is 23.5 Å². The number of benzene rings is 1. The number of nitrogens with zero attached hydrogens (tertiary/aromatic N) is 2. The van der Waals surface area contributed by atoms with Crippen LogP contribution in [0.5, 0.6) is 0 Å². The molecular weight excluding hydrogens is 268 g/mol. The summed E-state index contributed by atoms with van der Waals surface area (Å²) in [6, 6.07) is 10.7. The molecule has 0 amide bonds. The Labute approximate surface area is 125 Å². The van der Waals surface area contributed by atoms with Crippen LogP contribution in [0, 0.1) is 12.8 Å². The fourth-order valence-corrected chi connectivity index (χ4v) is 3.37. The third-order valence-electron chi connectivity index (χ3n) is 4.25. The van der Waals surface area contributed by atoms with Gasteiger partial charge in [-0.3, -0.25) is 9.88 Å². The molecule has 2 heterocycles. The maximum atomic E-state index is 5.96. The summed E-state index contributed by atoms with van der Waals surface area (Å²) in [5.74, 6) is 1.52. The quantitative estimate of drug-likeness (QED) is 0.794. The number of halogens is 1. The van der Waals surface area contributed by atoms with Crippen LogP contribution in [0.4, 0.5) is 0 Å². The van der Waals surface area contributed by atoms with Gasteiger partial charge in [0.05, 0.1) is 5.52 Å². The van der Waals surface area contributed by atoms with E-state index in [1.807, 2.05) is 0 Å². The molecule has 1 aromatic heterocycles. The molecule has 106 valence electrons. The summed E-state index contributed by atoms with van der Waals surface area (Å²) in [5.41, 5.74) is 3.62. The van der Waals surface area contributed by atoms with E-state index in [0.717, 1.165) is 36.7 Å². The Kier molecular flexibility index (Phi) is 4.23. The van der Waals surface area contributed by atoms with Gasteiger partial charge in [-0.05, 0) is 56.5 Å². The Morgan fingerprint density at radius 3 is 2.75 bits per heavy atom. The summed E-state index contributed by atoms with van der Waals surface area (Å²) < 4.78 is 0. The van der Waals surface area contributed by atoms with E-state index in [1.165, 1.54) is 23.8 Å². The number of piperidine rings is 1. The van der Waals surface area contributed by atoms with Gasteiger partial charge in [-0.1, -0.05) is 18.2 Å². The number of likely N-dealkylation sites (tertiary alicyclic amines) is 1. The second kappa shape index (κ2) is 6.11. The summed E-state index contributed by atoms with van der Waals surface area (Å²) in [4.78, 5) is 7.16. The molecule has 0 radical (unpaired) electrons. The first-order valence-electron chi connectivity index (χ1n) is 7.40. The first kappa shape index (κ1) is 13.8. The van der Waals surface area contributed by atoms with Crippen molar-refractivity contribution in [1.29, 1.82) is 0 Å². The lowest BCUT2D eigenvalue weighted by molar-refractivity contribution is 0.187. The van der Waals surface area contributed by atoms with E-state index in [4.69, 9.17) is 11.6 Å². The van der Waals surface area contributed by atoms with E-state index in [1.54, 1.807) is 0 Å². The molecule has 0 saturated carbocycles. The number of hydrogen-bond acceptors (Lipinski definition) is 2. The molecule has 0 aliphatic carbocycles. The van der Waals surface area contributed by atoms with E-state index in [-0.39, 0.29) is 0 Å². The van der Waals surface area contributed by atoms with Gasteiger partial charge in [-0.25, -0.2) is 0 Å². The lowest BCUT2D eigenvalue weighted by atomic mass is 9.98. The number of hydrogen-bond donors (Lipinski definition) is 0. The predicted octanol–water partition coefficient (Wildman–Crippen LogP) is 3.99. The van der Waals surface area contributed by atoms with Crippen molar-refractivity contribution < 1.29 is 0 Å². The number of aryl methyl sites for hydroxylation is 1. The molecule has 1 aliphatic heterocycles. The molecule has 1 fully saturated rings. The molecule has 2 aromatic rings. The molecule has 1 saturated heterocycles. The molecule has 20 heavy (non-hydrogen) atoms. The van der Waals surface area contributed by atoms with Gasteiger partial charge in [-0.15, -0.1) is 11.6 Å². The van der Waals surface area contributed by atoms with Crippen molar-refractivity contribution in [3.63, 3.8) is 0 Å². The molecule has 3 rings (SSSR count). The average Bonchev–Trinajstić information content (AvgIpc) is 2.48. The van der Waals surface area contributed by atoms with Crippen LogP contribution in [-0.2, 0) is 6.54 Å². The Hall–Kier alpha value is -1.12. The van der Waals surface area contributed by atoms with Crippen molar-refractivity contribution in [2.24, 2.45) is 5.92 Å². The zero-order chi connectivity index (χ0) is 13.9. The molecule has 0 spiro atoms. The minimum atomic E-state index is 0.712. The van der Waals surface area contributed by atoms with Gasteiger partial charge >= 0.3 is 0 Å². The molecule has 3 heteroatoms. The van der Waals surface area contributed by atoms with E-state index >= 15 is 0 Å². The Balaban J connectivity index is 1.81. The van der Waals surface area contributed by atoms with Gasteiger partial charge < -0.3 is 0 Å². The lowest BCUT2D eigenvalue weighted by Crippen LogP contribution is -2.33. The summed E-state index contributed by atoms with van der Waals surface area (Å²) in [7, 11) is 0. The van der Waals surface area contributed by atoms with E-state index in [0.29, 0.717) is 5.92 Å². The zero-order valence-corrected chi connectivity index (χ0v) is 12.7. The molecule has 1 aliphatic rings. The van der Waals surface area contributed by atoms with Gasteiger partial charge in [0.2, 0.25) is 0 Å². The summed E-state index contributed by atoms with van der Waals surface area (Å²) in [5, 5.41) is 1.29. The SMILES string of the molecule is Cc1cc(CN2CCC(CCl)CC2)c2ccccc2n1. The number of alkyl halides is 1. The number of aromatic nitrogens is 1. The molecule has 0 N–H and O–H groups in total. The molecular formula is C17H21ClN2. The third-order valence-corrected chi connectivity index (χ3v) is 4.69. The second-order valence-corrected chi connectivity index (χ2v) is 6.12. The molecule has 2 nitrogen and oxygen atoms in total. The van der Waals surface area contributed by atoms with Crippen LogP contribution in [-0.4, -0.2) is 28.9 Å². The summed E-state index contributed by atoms with van der Waals surface area (Å²) in [6.07, 6.45) is 2.46. The maximum Gasteiger partial charge on any atom is 0.0708 e.